The highest BCUT2D eigenvalue weighted by molar-refractivity contribution is 6.35. The molecule has 0 bridgehead atoms. The average molecular weight is 294 g/mol. The molecule has 0 radical (unpaired) electrons. The van der Waals surface area contributed by atoms with Gasteiger partial charge in [0.15, 0.2) is 0 Å². The number of H-pyrrole nitrogens is 1. The molecular weight excluding hydrogens is 278 g/mol. The largest absolute Gasteiger partial charge is 0.361 e. The van der Waals surface area contributed by atoms with E-state index in [1.165, 1.54) is 0 Å². The number of para-hydroxylation sites is 1. The molecule has 2 rings (SSSR count). The van der Waals surface area contributed by atoms with Crippen molar-refractivity contribution < 1.29 is 9.59 Å². The molecule has 0 saturated heterocycles. The zero-order valence-electron chi connectivity index (χ0n) is 10.9. The molecule has 20 heavy (non-hydrogen) atoms. The van der Waals surface area contributed by atoms with Crippen molar-refractivity contribution in [1.29, 1.82) is 0 Å². The Labute approximate surface area is 121 Å². The van der Waals surface area contributed by atoms with Crippen LogP contribution in [0.4, 0.5) is 0 Å². The Kier molecular flexibility index (Phi) is 5.01. The van der Waals surface area contributed by atoms with Crippen LogP contribution >= 0.6 is 11.6 Å². The second kappa shape index (κ2) is 6.96. The lowest BCUT2D eigenvalue weighted by atomic mass is 10.1. The van der Waals surface area contributed by atoms with Gasteiger partial charge in [-0.3, -0.25) is 9.59 Å². The van der Waals surface area contributed by atoms with Gasteiger partial charge in [0.25, 0.3) is 0 Å². The van der Waals surface area contributed by atoms with E-state index in [-0.39, 0.29) is 12.4 Å². The van der Waals surface area contributed by atoms with Gasteiger partial charge in [0.1, 0.15) is 0 Å². The molecule has 106 valence electrons. The highest BCUT2D eigenvalue weighted by Gasteiger charge is 2.12. The number of aromatic amines is 1. The van der Waals surface area contributed by atoms with Crippen LogP contribution in [-0.2, 0) is 16.0 Å². The molecular formula is C14H16ClN3O2. The fraction of sp³-hybridized carbons (Fsp3) is 0.286. The maximum absolute atomic E-state index is 11.5. The van der Waals surface area contributed by atoms with Crippen molar-refractivity contribution in [2.75, 3.05) is 19.0 Å². The Balaban J connectivity index is 1.84. The lowest BCUT2D eigenvalue weighted by Crippen LogP contribution is -2.41. The summed E-state index contributed by atoms with van der Waals surface area (Å²) in [5.41, 5.74) is 2.18. The summed E-state index contributed by atoms with van der Waals surface area (Å²) in [6.07, 6.45) is 2.59. The summed E-state index contributed by atoms with van der Waals surface area (Å²) >= 11 is 5.43. The van der Waals surface area contributed by atoms with Gasteiger partial charge in [-0.25, -0.2) is 0 Å². The number of hydrogen-bond donors (Lipinski definition) is 3. The fourth-order valence-electron chi connectivity index (χ4n) is 1.97. The summed E-state index contributed by atoms with van der Waals surface area (Å²) in [6.45, 7) is 0.700. The first kappa shape index (κ1) is 14.4. The van der Waals surface area contributed by atoms with Gasteiger partial charge in [-0.2, -0.15) is 0 Å². The Hall–Kier alpha value is -2.01. The number of benzene rings is 1. The van der Waals surface area contributed by atoms with Crippen LogP contribution < -0.4 is 10.6 Å². The van der Waals surface area contributed by atoms with E-state index in [2.05, 4.69) is 15.6 Å². The molecule has 6 heteroatoms. The van der Waals surface area contributed by atoms with E-state index < -0.39 is 11.8 Å². The molecule has 5 nitrogen and oxygen atoms in total. The summed E-state index contributed by atoms with van der Waals surface area (Å²) in [5, 5.41) is 6.14. The third kappa shape index (κ3) is 3.51. The van der Waals surface area contributed by atoms with Crippen LogP contribution in [0.3, 0.4) is 0 Å². The number of hydrogen-bond acceptors (Lipinski definition) is 2. The summed E-state index contributed by atoms with van der Waals surface area (Å²) in [5.74, 6) is -0.992. The number of alkyl halides is 1. The molecule has 0 fully saturated rings. The maximum Gasteiger partial charge on any atom is 0.309 e. The molecule has 0 spiro atoms. The van der Waals surface area contributed by atoms with Crippen molar-refractivity contribution in [1.82, 2.24) is 15.6 Å². The Morgan fingerprint density at radius 1 is 1.10 bits per heavy atom. The quantitative estimate of drug-likeness (QED) is 0.572. The van der Waals surface area contributed by atoms with E-state index in [0.29, 0.717) is 13.0 Å². The number of carbonyl (C=O) groups is 2. The Bertz CT molecular complexity index is 609. The zero-order chi connectivity index (χ0) is 14.4. The smallest absolute Gasteiger partial charge is 0.309 e. The first-order chi connectivity index (χ1) is 9.72. The number of rotatable bonds is 5. The Morgan fingerprint density at radius 2 is 1.80 bits per heavy atom. The standard InChI is InChI=1S/C14H16ClN3O2/c15-6-8-17-14(20)13(19)16-7-5-10-9-18-12-4-2-1-3-11(10)12/h1-4,9,18H,5-8H2,(H,16,19)(H,17,20). The molecule has 2 aromatic rings. The normalized spacial score (nSPS) is 10.4. The van der Waals surface area contributed by atoms with Crippen molar-refractivity contribution in [2.24, 2.45) is 0 Å². The second-order valence-electron chi connectivity index (χ2n) is 4.31. The van der Waals surface area contributed by atoms with E-state index in [1.54, 1.807) is 0 Å². The van der Waals surface area contributed by atoms with Gasteiger partial charge in [0.2, 0.25) is 0 Å². The van der Waals surface area contributed by atoms with E-state index in [9.17, 15) is 9.59 Å². The third-order valence-corrected chi connectivity index (χ3v) is 3.13. The molecule has 3 N–H and O–H groups in total. The van der Waals surface area contributed by atoms with Crippen molar-refractivity contribution in [3.8, 4) is 0 Å². The van der Waals surface area contributed by atoms with E-state index in [0.717, 1.165) is 16.5 Å². The number of halogens is 1. The van der Waals surface area contributed by atoms with E-state index in [4.69, 9.17) is 11.6 Å². The maximum atomic E-state index is 11.5. The minimum Gasteiger partial charge on any atom is -0.361 e. The van der Waals surface area contributed by atoms with Crippen molar-refractivity contribution >= 4 is 34.3 Å². The van der Waals surface area contributed by atoms with E-state index >= 15 is 0 Å². The number of amides is 2. The summed E-state index contributed by atoms with van der Waals surface area (Å²) in [4.78, 5) is 26.0. The van der Waals surface area contributed by atoms with Crippen LogP contribution in [-0.4, -0.2) is 35.8 Å². The van der Waals surface area contributed by atoms with Gasteiger partial charge >= 0.3 is 11.8 Å². The SMILES string of the molecule is O=C(NCCCl)C(=O)NCCc1c[nH]c2ccccc12. The van der Waals surface area contributed by atoms with Crippen molar-refractivity contribution in [2.45, 2.75) is 6.42 Å². The zero-order valence-corrected chi connectivity index (χ0v) is 11.7. The highest BCUT2D eigenvalue weighted by Crippen LogP contribution is 2.17. The summed E-state index contributed by atoms with van der Waals surface area (Å²) < 4.78 is 0. The molecule has 0 aliphatic rings. The molecule has 0 aliphatic carbocycles. The topological polar surface area (TPSA) is 74.0 Å². The van der Waals surface area contributed by atoms with Crippen LogP contribution in [0, 0.1) is 0 Å². The molecule has 0 unspecified atom stereocenters. The minimum absolute atomic E-state index is 0.286. The molecule has 0 atom stereocenters. The summed E-state index contributed by atoms with van der Waals surface area (Å²) in [6, 6.07) is 7.96. The van der Waals surface area contributed by atoms with Gasteiger partial charge in [-0.1, -0.05) is 18.2 Å². The lowest BCUT2D eigenvalue weighted by Gasteiger charge is -2.05. The molecule has 1 aromatic heterocycles. The molecule has 0 aliphatic heterocycles. The highest BCUT2D eigenvalue weighted by atomic mass is 35.5. The van der Waals surface area contributed by atoms with Crippen LogP contribution in [0.5, 0.6) is 0 Å². The number of nitrogens with one attached hydrogen (secondary N) is 3. The van der Waals surface area contributed by atoms with Crippen LogP contribution in [0.1, 0.15) is 5.56 Å². The first-order valence-electron chi connectivity index (χ1n) is 6.39. The van der Waals surface area contributed by atoms with Crippen LogP contribution in [0.25, 0.3) is 10.9 Å². The number of carbonyl (C=O) groups excluding carboxylic acids is 2. The van der Waals surface area contributed by atoms with Gasteiger partial charge in [-0.05, 0) is 18.1 Å². The molecule has 1 heterocycles. The van der Waals surface area contributed by atoms with Gasteiger partial charge in [-0.15, -0.1) is 11.6 Å². The average Bonchev–Trinajstić information content (AvgIpc) is 2.88. The van der Waals surface area contributed by atoms with Gasteiger partial charge in [0, 0.05) is 36.1 Å². The van der Waals surface area contributed by atoms with Crippen LogP contribution in [0.2, 0.25) is 0 Å². The minimum atomic E-state index is -0.649. The van der Waals surface area contributed by atoms with Gasteiger partial charge in [0.05, 0.1) is 0 Å². The second-order valence-corrected chi connectivity index (χ2v) is 4.69. The van der Waals surface area contributed by atoms with E-state index in [1.807, 2.05) is 30.5 Å². The predicted octanol–water partition coefficient (Wildman–Crippen LogP) is 1.18. The van der Waals surface area contributed by atoms with Gasteiger partial charge < -0.3 is 15.6 Å². The van der Waals surface area contributed by atoms with Crippen molar-refractivity contribution in [3.63, 3.8) is 0 Å². The summed E-state index contributed by atoms with van der Waals surface area (Å²) in [7, 11) is 0. The van der Waals surface area contributed by atoms with Crippen molar-refractivity contribution in [3.05, 3.63) is 36.0 Å². The fourth-order valence-corrected chi connectivity index (χ4v) is 2.06. The lowest BCUT2D eigenvalue weighted by molar-refractivity contribution is -0.139. The number of fused-ring (bicyclic) bond motifs is 1. The molecule has 0 saturated carbocycles. The molecule has 1 aromatic carbocycles. The predicted molar refractivity (Wildman–Crippen MR) is 78.7 cm³/mol. The van der Waals surface area contributed by atoms with Crippen LogP contribution in [0.15, 0.2) is 30.5 Å². The third-order valence-electron chi connectivity index (χ3n) is 2.94. The first-order valence-corrected chi connectivity index (χ1v) is 6.93. The molecule has 2 amide bonds. The monoisotopic (exact) mass is 293 g/mol. The number of aromatic nitrogens is 1. The Morgan fingerprint density at radius 3 is 2.55 bits per heavy atom.